The Labute approximate surface area is 214 Å². The van der Waals surface area contributed by atoms with Crippen LogP contribution >= 0.6 is 0 Å². The molecule has 194 valence electrons. The van der Waals surface area contributed by atoms with Crippen molar-refractivity contribution in [2.45, 2.75) is 50.0 Å². The highest BCUT2D eigenvalue weighted by atomic mass is 19.4. The van der Waals surface area contributed by atoms with Crippen LogP contribution < -0.4 is 0 Å². The van der Waals surface area contributed by atoms with E-state index in [9.17, 15) is 28.2 Å². The van der Waals surface area contributed by atoms with Crippen molar-refractivity contribution in [1.82, 2.24) is 4.90 Å². The van der Waals surface area contributed by atoms with Crippen LogP contribution in [0.15, 0.2) is 84.9 Å². The molecule has 1 aliphatic heterocycles. The van der Waals surface area contributed by atoms with E-state index in [0.29, 0.717) is 18.5 Å². The molecule has 2 aliphatic rings. The van der Waals surface area contributed by atoms with Crippen molar-refractivity contribution in [2.75, 3.05) is 6.54 Å². The molecule has 1 saturated carbocycles. The van der Waals surface area contributed by atoms with Crippen LogP contribution in [-0.2, 0) is 23.1 Å². The molecule has 2 fully saturated rings. The maximum atomic E-state index is 13.3. The van der Waals surface area contributed by atoms with E-state index >= 15 is 0 Å². The lowest BCUT2D eigenvalue weighted by Crippen LogP contribution is -2.57. The van der Waals surface area contributed by atoms with Crippen LogP contribution in [0.2, 0.25) is 0 Å². The summed E-state index contributed by atoms with van der Waals surface area (Å²) >= 11 is 0. The number of nitrogens with zero attached hydrogens (tertiary/aromatic N) is 1. The Hall–Kier alpha value is -3.16. The number of alkyl halides is 3. The van der Waals surface area contributed by atoms with Gasteiger partial charge in [0.25, 0.3) is 0 Å². The van der Waals surface area contributed by atoms with E-state index in [-0.39, 0.29) is 24.9 Å². The van der Waals surface area contributed by atoms with Crippen LogP contribution in [0.5, 0.6) is 0 Å². The Morgan fingerprint density at radius 2 is 1.57 bits per heavy atom. The molecule has 3 aromatic rings. The van der Waals surface area contributed by atoms with Gasteiger partial charge < -0.3 is 10.2 Å². The average molecular weight is 510 g/mol. The Morgan fingerprint density at radius 3 is 2.14 bits per heavy atom. The molecule has 4 nitrogen and oxygen atoms in total. The lowest BCUT2D eigenvalue weighted by atomic mass is 9.52. The van der Waals surface area contributed by atoms with Crippen molar-refractivity contribution in [3.05, 3.63) is 107 Å². The summed E-state index contributed by atoms with van der Waals surface area (Å²) in [5.74, 6) is -2.08. The highest BCUT2D eigenvalue weighted by molar-refractivity contribution is 5.78. The molecular weight excluding hydrogens is 479 g/mol. The Bertz CT molecular complexity index is 1250. The molecule has 0 spiro atoms. The first-order valence-corrected chi connectivity index (χ1v) is 12.5. The molecule has 0 amide bonds. The number of hydrogen-bond donors (Lipinski definition) is 2. The zero-order valence-electron chi connectivity index (χ0n) is 20.5. The number of likely N-dealkylation sites (tertiary alicyclic amines) is 1. The van der Waals surface area contributed by atoms with Crippen LogP contribution in [0.1, 0.15) is 47.9 Å². The third-order valence-electron chi connectivity index (χ3n) is 8.57. The highest BCUT2D eigenvalue weighted by Gasteiger charge is 2.68. The molecule has 1 saturated heterocycles. The molecule has 5 atom stereocenters. The SMILES string of the molecule is CC1C2C(O)(c3ccc(C(F)(F)F)cc3)CCC(c3ccccc3)C2(C(=O)O)CN1Cc1ccccc1. The molecule has 0 aromatic heterocycles. The molecule has 1 aliphatic carbocycles. The largest absolute Gasteiger partial charge is 0.481 e. The van der Waals surface area contributed by atoms with E-state index in [0.717, 1.165) is 23.3 Å². The van der Waals surface area contributed by atoms with Gasteiger partial charge in [0.1, 0.15) is 0 Å². The average Bonchev–Trinajstić information content (AvgIpc) is 3.19. The van der Waals surface area contributed by atoms with Gasteiger partial charge in [-0.25, -0.2) is 0 Å². The number of rotatable bonds is 5. The summed E-state index contributed by atoms with van der Waals surface area (Å²) < 4.78 is 39.8. The van der Waals surface area contributed by atoms with Crippen LogP contribution in [0, 0.1) is 11.3 Å². The van der Waals surface area contributed by atoms with Gasteiger partial charge in [0, 0.05) is 31.0 Å². The first-order valence-electron chi connectivity index (χ1n) is 12.5. The number of halogens is 3. The minimum Gasteiger partial charge on any atom is -0.481 e. The fourth-order valence-corrected chi connectivity index (χ4v) is 6.94. The second-order valence-corrected chi connectivity index (χ2v) is 10.5. The Balaban J connectivity index is 1.63. The van der Waals surface area contributed by atoms with Gasteiger partial charge in [-0.1, -0.05) is 72.8 Å². The molecule has 5 rings (SSSR count). The van der Waals surface area contributed by atoms with Gasteiger partial charge in [-0.05, 0) is 48.6 Å². The summed E-state index contributed by atoms with van der Waals surface area (Å²) in [5.41, 5.74) is -1.46. The summed E-state index contributed by atoms with van der Waals surface area (Å²) in [6.07, 6.45) is -3.85. The number of aliphatic hydroxyl groups is 1. The quantitative estimate of drug-likeness (QED) is 0.439. The lowest BCUT2D eigenvalue weighted by molar-refractivity contribution is -0.172. The minimum absolute atomic E-state index is 0.228. The summed E-state index contributed by atoms with van der Waals surface area (Å²) in [4.78, 5) is 15.4. The van der Waals surface area contributed by atoms with E-state index in [2.05, 4.69) is 4.90 Å². The van der Waals surface area contributed by atoms with Crippen molar-refractivity contribution < 1.29 is 28.2 Å². The smallest absolute Gasteiger partial charge is 0.416 e. The molecule has 2 N–H and O–H groups in total. The second kappa shape index (κ2) is 9.30. The molecule has 37 heavy (non-hydrogen) atoms. The number of benzene rings is 3. The van der Waals surface area contributed by atoms with Crippen LogP contribution in [0.25, 0.3) is 0 Å². The molecule has 5 unspecified atom stereocenters. The number of carbonyl (C=O) groups is 1. The second-order valence-electron chi connectivity index (χ2n) is 10.5. The topological polar surface area (TPSA) is 60.8 Å². The first-order chi connectivity index (χ1) is 17.6. The molecular formula is C30H30F3NO3. The number of aliphatic carboxylic acids is 1. The summed E-state index contributed by atoms with van der Waals surface area (Å²) in [5, 5.41) is 23.1. The fourth-order valence-electron chi connectivity index (χ4n) is 6.94. The summed E-state index contributed by atoms with van der Waals surface area (Å²) in [7, 11) is 0. The van der Waals surface area contributed by atoms with Gasteiger partial charge in [0.05, 0.1) is 16.6 Å². The van der Waals surface area contributed by atoms with Gasteiger partial charge in [-0.15, -0.1) is 0 Å². The van der Waals surface area contributed by atoms with Gasteiger partial charge in [-0.3, -0.25) is 9.69 Å². The van der Waals surface area contributed by atoms with Crippen molar-refractivity contribution in [3.8, 4) is 0 Å². The van der Waals surface area contributed by atoms with Gasteiger partial charge in [0.2, 0.25) is 0 Å². The van der Waals surface area contributed by atoms with Gasteiger partial charge in [-0.2, -0.15) is 13.2 Å². The number of fused-ring (bicyclic) bond motifs is 1. The lowest BCUT2D eigenvalue weighted by Gasteiger charge is -2.52. The van der Waals surface area contributed by atoms with Crippen LogP contribution in [0.3, 0.4) is 0 Å². The van der Waals surface area contributed by atoms with Crippen molar-refractivity contribution >= 4 is 5.97 Å². The van der Waals surface area contributed by atoms with Crippen LogP contribution in [0.4, 0.5) is 13.2 Å². The summed E-state index contributed by atoms with van der Waals surface area (Å²) in [6, 6.07) is 23.5. The monoisotopic (exact) mass is 509 g/mol. The highest BCUT2D eigenvalue weighted by Crippen LogP contribution is 2.63. The zero-order valence-corrected chi connectivity index (χ0v) is 20.5. The van der Waals surface area contributed by atoms with E-state index in [1.54, 1.807) is 0 Å². The predicted octanol–water partition coefficient (Wildman–Crippen LogP) is 6.06. The molecule has 0 bridgehead atoms. The van der Waals surface area contributed by atoms with Crippen molar-refractivity contribution in [1.29, 1.82) is 0 Å². The fraction of sp³-hybridized carbons (Fsp3) is 0.367. The number of hydrogen-bond acceptors (Lipinski definition) is 3. The zero-order chi connectivity index (χ0) is 26.4. The molecule has 7 heteroatoms. The van der Waals surface area contributed by atoms with E-state index < -0.39 is 34.6 Å². The van der Waals surface area contributed by atoms with Gasteiger partial charge in [0.15, 0.2) is 0 Å². The number of carboxylic acid groups (broad SMARTS) is 1. The molecule has 1 heterocycles. The standard InChI is InChI=1S/C30H30F3NO3/c1-20-26-28(27(35)36,19-34(20)18-21-8-4-2-5-9-21)25(22-10-6-3-7-11-22)16-17-29(26,37)23-12-14-24(15-13-23)30(31,32)33/h2-15,20,25-26,37H,16-19H2,1H3,(H,35,36). The van der Waals surface area contributed by atoms with Crippen LogP contribution in [-0.4, -0.2) is 33.7 Å². The first kappa shape index (κ1) is 25.5. The Kier molecular flexibility index (Phi) is 6.40. The van der Waals surface area contributed by atoms with Crippen molar-refractivity contribution in [3.63, 3.8) is 0 Å². The number of carboxylic acids is 1. The maximum Gasteiger partial charge on any atom is 0.416 e. The normalized spacial score (nSPS) is 30.1. The van der Waals surface area contributed by atoms with Crippen molar-refractivity contribution in [2.24, 2.45) is 11.3 Å². The van der Waals surface area contributed by atoms with E-state index in [1.807, 2.05) is 67.6 Å². The third kappa shape index (κ3) is 4.24. The van der Waals surface area contributed by atoms with E-state index in [1.165, 1.54) is 12.1 Å². The summed E-state index contributed by atoms with van der Waals surface area (Å²) in [6.45, 7) is 2.67. The molecule has 3 aromatic carbocycles. The third-order valence-corrected chi connectivity index (χ3v) is 8.57. The minimum atomic E-state index is -4.50. The Morgan fingerprint density at radius 1 is 0.973 bits per heavy atom. The van der Waals surface area contributed by atoms with Gasteiger partial charge >= 0.3 is 12.1 Å². The maximum absolute atomic E-state index is 13.3. The van der Waals surface area contributed by atoms with E-state index in [4.69, 9.17) is 0 Å². The predicted molar refractivity (Wildman–Crippen MR) is 134 cm³/mol. The molecule has 0 radical (unpaired) electrons.